The van der Waals surface area contributed by atoms with Gasteiger partial charge in [-0.15, -0.1) is 0 Å². The van der Waals surface area contributed by atoms with Crippen LogP contribution < -0.4 is 24.4 Å². The van der Waals surface area contributed by atoms with Gasteiger partial charge in [-0.3, -0.25) is 14.2 Å². The van der Waals surface area contributed by atoms with Crippen LogP contribution in [0, 0.1) is 0 Å². The van der Waals surface area contributed by atoms with E-state index >= 15 is 0 Å². The lowest BCUT2D eigenvalue weighted by Crippen LogP contribution is -2.40. The summed E-state index contributed by atoms with van der Waals surface area (Å²) < 4.78 is 19.5. The minimum Gasteiger partial charge on any atom is -0.496 e. The normalized spacial score (nSPS) is 16.8. The van der Waals surface area contributed by atoms with Crippen molar-refractivity contribution in [2.45, 2.75) is 32.7 Å². The summed E-state index contributed by atoms with van der Waals surface area (Å²) in [6.45, 7) is 5.24. The number of rotatable bonds is 8. The van der Waals surface area contributed by atoms with Crippen molar-refractivity contribution in [1.29, 1.82) is 0 Å². The Bertz CT molecular complexity index is 1690. The van der Waals surface area contributed by atoms with Crippen molar-refractivity contribution in [2.24, 2.45) is 4.99 Å². The first kappa shape index (κ1) is 28.8. The molecule has 11 heteroatoms. The van der Waals surface area contributed by atoms with E-state index in [1.54, 1.807) is 45.2 Å². The molecule has 2 aliphatic heterocycles. The van der Waals surface area contributed by atoms with E-state index in [1.807, 2.05) is 29.2 Å². The molecule has 1 atom stereocenters. The number of esters is 1. The van der Waals surface area contributed by atoms with Crippen molar-refractivity contribution in [3.8, 4) is 11.5 Å². The third kappa shape index (κ3) is 6.01. The van der Waals surface area contributed by atoms with Crippen LogP contribution in [0.15, 0.2) is 68.0 Å². The third-order valence-corrected chi connectivity index (χ3v) is 8.48. The first-order chi connectivity index (χ1) is 19.8. The quantitative estimate of drug-likeness (QED) is 0.350. The second kappa shape index (κ2) is 12.4. The lowest BCUT2D eigenvalue weighted by Gasteiger charge is -2.26. The average Bonchev–Trinajstić information content (AvgIpc) is 3.60. The van der Waals surface area contributed by atoms with Gasteiger partial charge in [-0.2, -0.15) is 0 Å². The van der Waals surface area contributed by atoms with Gasteiger partial charge >= 0.3 is 5.97 Å². The molecule has 0 unspecified atom stereocenters. The number of thiazole rings is 1. The standard InChI is InChI=1S/C30H30BrN3O6S/c1-4-39-29(37)26-18(2)32-30-34(27(26)22-16-20(31)9-12-23(22)38-3)28(36)24(41-30)15-19-7-10-21(11-8-19)40-17-25(35)33-13-5-6-14-33/h7-12,15-16,27H,4-6,13-14,17H2,1-3H3/b24-15-/t27-/m1/s1. The Morgan fingerprint density at radius 2 is 1.88 bits per heavy atom. The van der Waals surface area contributed by atoms with E-state index in [2.05, 4.69) is 20.9 Å². The van der Waals surface area contributed by atoms with Crippen molar-refractivity contribution in [2.75, 3.05) is 33.4 Å². The van der Waals surface area contributed by atoms with E-state index in [0.717, 1.165) is 36.0 Å². The van der Waals surface area contributed by atoms with Gasteiger partial charge in [0.2, 0.25) is 0 Å². The molecule has 0 aliphatic carbocycles. The monoisotopic (exact) mass is 639 g/mol. The van der Waals surface area contributed by atoms with Crippen molar-refractivity contribution in [1.82, 2.24) is 9.47 Å². The van der Waals surface area contributed by atoms with Crippen LogP contribution in [-0.2, 0) is 14.3 Å². The highest BCUT2D eigenvalue weighted by Crippen LogP contribution is 2.37. The second-order valence-electron chi connectivity index (χ2n) is 9.63. The predicted molar refractivity (Wildman–Crippen MR) is 159 cm³/mol. The Hall–Kier alpha value is -3.70. The van der Waals surface area contributed by atoms with E-state index in [-0.39, 0.29) is 30.3 Å². The van der Waals surface area contributed by atoms with Crippen LogP contribution >= 0.6 is 27.3 Å². The second-order valence-corrected chi connectivity index (χ2v) is 11.6. The molecule has 3 heterocycles. The van der Waals surface area contributed by atoms with Crippen LogP contribution in [0.4, 0.5) is 0 Å². The maximum atomic E-state index is 13.9. The Balaban J connectivity index is 1.51. The molecule has 1 aromatic heterocycles. The van der Waals surface area contributed by atoms with Crippen LogP contribution in [0.5, 0.6) is 11.5 Å². The van der Waals surface area contributed by atoms with Crippen molar-refractivity contribution in [3.05, 3.63) is 89.0 Å². The summed E-state index contributed by atoms with van der Waals surface area (Å²) in [5, 5.41) is 0. The molecule has 2 aliphatic rings. The Labute approximate surface area is 249 Å². The van der Waals surface area contributed by atoms with E-state index in [0.29, 0.717) is 32.1 Å². The maximum Gasteiger partial charge on any atom is 0.338 e. The summed E-state index contributed by atoms with van der Waals surface area (Å²) in [6.07, 6.45) is 3.85. The number of hydrogen-bond donors (Lipinski definition) is 0. The van der Waals surface area contributed by atoms with Gasteiger partial charge in [-0.1, -0.05) is 39.4 Å². The summed E-state index contributed by atoms with van der Waals surface area (Å²) in [4.78, 5) is 46.2. The fourth-order valence-corrected chi connectivity index (χ4v) is 6.44. The van der Waals surface area contributed by atoms with E-state index < -0.39 is 12.0 Å². The van der Waals surface area contributed by atoms with Gasteiger partial charge in [0.15, 0.2) is 11.4 Å². The number of methoxy groups -OCH3 is 1. The zero-order chi connectivity index (χ0) is 29.1. The number of carbonyl (C=O) groups is 2. The van der Waals surface area contributed by atoms with Crippen LogP contribution in [0.1, 0.15) is 43.9 Å². The summed E-state index contributed by atoms with van der Waals surface area (Å²) >= 11 is 4.76. The molecule has 5 rings (SSSR count). The van der Waals surface area contributed by atoms with E-state index in [4.69, 9.17) is 14.2 Å². The molecular formula is C30H30BrN3O6S. The van der Waals surface area contributed by atoms with Crippen LogP contribution in [0.25, 0.3) is 6.08 Å². The van der Waals surface area contributed by atoms with Gasteiger partial charge < -0.3 is 19.1 Å². The molecule has 1 amide bonds. The number of carbonyl (C=O) groups excluding carboxylic acids is 2. The number of allylic oxidation sites excluding steroid dienone is 1. The molecule has 3 aromatic rings. The molecule has 0 N–H and O–H groups in total. The molecular weight excluding hydrogens is 610 g/mol. The van der Waals surface area contributed by atoms with Gasteiger partial charge in [0.05, 0.1) is 29.5 Å². The molecule has 41 heavy (non-hydrogen) atoms. The van der Waals surface area contributed by atoms with Gasteiger partial charge in [0.1, 0.15) is 17.5 Å². The van der Waals surface area contributed by atoms with Crippen molar-refractivity contribution in [3.63, 3.8) is 0 Å². The third-order valence-electron chi connectivity index (χ3n) is 7.00. The number of ether oxygens (including phenoxy) is 3. The first-order valence-electron chi connectivity index (χ1n) is 13.3. The summed E-state index contributed by atoms with van der Waals surface area (Å²) in [6, 6.07) is 11.9. The number of amides is 1. The first-order valence-corrected chi connectivity index (χ1v) is 15.0. The number of aromatic nitrogens is 1. The highest BCUT2D eigenvalue weighted by molar-refractivity contribution is 9.10. The minimum atomic E-state index is -0.788. The summed E-state index contributed by atoms with van der Waals surface area (Å²) in [7, 11) is 1.55. The minimum absolute atomic E-state index is 0.000834. The molecule has 0 saturated carbocycles. The predicted octanol–water partition coefficient (Wildman–Crippen LogP) is 3.57. The number of halogens is 1. The Kier molecular flexibility index (Phi) is 8.74. The van der Waals surface area contributed by atoms with Gasteiger partial charge in [-0.25, -0.2) is 9.79 Å². The fourth-order valence-electron chi connectivity index (χ4n) is 5.02. The summed E-state index contributed by atoms with van der Waals surface area (Å²) in [5.74, 6) is 0.561. The molecule has 1 saturated heterocycles. The number of benzene rings is 2. The lowest BCUT2D eigenvalue weighted by atomic mass is 9.95. The zero-order valence-electron chi connectivity index (χ0n) is 23.0. The number of fused-ring (bicyclic) bond motifs is 1. The number of nitrogens with zero attached hydrogens (tertiary/aromatic N) is 3. The molecule has 9 nitrogen and oxygen atoms in total. The van der Waals surface area contributed by atoms with Crippen LogP contribution in [-0.4, -0.2) is 54.8 Å². The van der Waals surface area contributed by atoms with Crippen molar-refractivity contribution < 1.29 is 23.8 Å². The maximum absolute atomic E-state index is 13.9. The fraction of sp³-hybridized carbons (Fsp3) is 0.333. The summed E-state index contributed by atoms with van der Waals surface area (Å²) in [5.41, 5.74) is 1.90. The highest BCUT2D eigenvalue weighted by Gasteiger charge is 2.35. The molecule has 0 radical (unpaired) electrons. The largest absolute Gasteiger partial charge is 0.496 e. The topological polar surface area (TPSA) is 99.4 Å². The molecule has 2 aromatic carbocycles. The van der Waals surface area contributed by atoms with Crippen molar-refractivity contribution >= 4 is 45.2 Å². The Morgan fingerprint density at radius 1 is 1.15 bits per heavy atom. The van der Waals surface area contributed by atoms with Gasteiger partial charge in [0, 0.05) is 23.1 Å². The molecule has 0 spiro atoms. The van der Waals surface area contributed by atoms with Crippen LogP contribution in [0.2, 0.25) is 0 Å². The zero-order valence-corrected chi connectivity index (χ0v) is 25.4. The van der Waals surface area contributed by atoms with Gasteiger partial charge in [0.25, 0.3) is 11.5 Å². The van der Waals surface area contributed by atoms with Crippen LogP contribution in [0.3, 0.4) is 0 Å². The SMILES string of the molecule is CCOC(=O)C1=C(C)N=c2s/c(=C\c3ccc(OCC(=O)N4CCCC4)cc3)c(=O)n2[C@@H]1c1cc(Br)ccc1OC. The van der Waals surface area contributed by atoms with E-state index in [9.17, 15) is 14.4 Å². The molecule has 214 valence electrons. The van der Waals surface area contributed by atoms with E-state index in [1.165, 1.54) is 15.9 Å². The smallest absolute Gasteiger partial charge is 0.338 e. The highest BCUT2D eigenvalue weighted by atomic mass is 79.9. The molecule has 1 fully saturated rings. The average molecular weight is 641 g/mol. The number of likely N-dealkylation sites (tertiary alicyclic amines) is 1. The number of hydrogen-bond acceptors (Lipinski definition) is 8. The van der Waals surface area contributed by atoms with Gasteiger partial charge in [-0.05, 0) is 68.7 Å². The lowest BCUT2D eigenvalue weighted by molar-refractivity contribution is -0.139. The molecule has 0 bridgehead atoms. The Morgan fingerprint density at radius 3 is 2.56 bits per heavy atom.